The maximum Gasteiger partial charge on any atom is 0.254 e. The van der Waals surface area contributed by atoms with E-state index >= 15 is 0 Å². The summed E-state index contributed by atoms with van der Waals surface area (Å²) in [6, 6.07) is 9.92. The summed E-state index contributed by atoms with van der Waals surface area (Å²) in [5.41, 5.74) is 2.14. The third-order valence-electron chi connectivity index (χ3n) is 5.72. The standard InChI is InChI=1S/C22H24N4O2/c1-16-3-2-9-25(16)11-12-26-10-7-17-13-19(4-5-20(17)22(26)27)28-21-6-8-24-15-18(21)14-23/h4-6,8,13,15-16H,2-3,7,9-12H2,1H3/t16-/m1/s1. The molecule has 0 aliphatic carbocycles. The molecule has 0 bridgehead atoms. The van der Waals surface area contributed by atoms with E-state index < -0.39 is 0 Å². The third kappa shape index (κ3) is 3.71. The van der Waals surface area contributed by atoms with Crippen molar-refractivity contribution in [3.8, 4) is 17.6 Å². The van der Waals surface area contributed by atoms with Crippen molar-refractivity contribution in [2.24, 2.45) is 0 Å². The summed E-state index contributed by atoms with van der Waals surface area (Å²) in [6.45, 7) is 5.87. The van der Waals surface area contributed by atoms with Crippen LogP contribution in [-0.4, -0.2) is 52.9 Å². The number of amides is 1. The van der Waals surface area contributed by atoms with Gasteiger partial charge in [0.15, 0.2) is 0 Å². The molecule has 1 amide bonds. The minimum Gasteiger partial charge on any atom is -0.456 e. The van der Waals surface area contributed by atoms with E-state index in [-0.39, 0.29) is 5.91 Å². The summed E-state index contributed by atoms with van der Waals surface area (Å²) < 4.78 is 5.86. The Hall–Kier alpha value is -2.91. The highest BCUT2D eigenvalue weighted by atomic mass is 16.5. The van der Waals surface area contributed by atoms with Crippen LogP contribution in [0.15, 0.2) is 36.7 Å². The SMILES string of the molecule is C[C@@H]1CCCN1CCN1CCc2cc(Oc3ccncc3C#N)ccc2C1=O. The van der Waals surface area contributed by atoms with Gasteiger partial charge in [0.05, 0.1) is 0 Å². The molecule has 0 spiro atoms. The molecular formula is C22H24N4O2. The quantitative estimate of drug-likeness (QED) is 0.801. The van der Waals surface area contributed by atoms with Crippen LogP contribution in [-0.2, 0) is 6.42 Å². The second kappa shape index (κ2) is 7.99. The van der Waals surface area contributed by atoms with Gasteiger partial charge in [-0.2, -0.15) is 5.26 Å². The normalized spacial score (nSPS) is 19.4. The van der Waals surface area contributed by atoms with E-state index in [1.807, 2.05) is 17.0 Å². The van der Waals surface area contributed by atoms with Gasteiger partial charge in [0.2, 0.25) is 0 Å². The van der Waals surface area contributed by atoms with Crippen LogP contribution in [0.4, 0.5) is 0 Å². The van der Waals surface area contributed by atoms with E-state index in [0.29, 0.717) is 23.1 Å². The van der Waals surface area contributed by atoms with Crippen molar-refractivity contribution in [3.63, 3.8) is 0 Å². The molecule has 3 heterocycles. The van der Waals surface area contributed by atoms with Crippen molar-refractivity contribution >= 4 is 5.91 Å². The Kier molecular flexibility index (Phi) is 5.27. The number of likely N-dealkylation sites (tertiary alicyclic amines) is 1. The second-order valence-electron chi connectivity index (χ2n) is 7.47. The van der Waals surface area contributed by atoms with Gasteiger partial charge in [-0.3, -0.25) is 14.7 Å². The summed E-state index contributed by atoms with van der Waals surface area (Å²) in [5, 5.41) is 9.17. The fraction of sp³-hybridized carbons (Fsp3) is 0.409. The predicted molar refractivity (Wildman–Crippen MR) is 105 cm³/mol. The van der Waals surface area contributed by atoms with E-state index in [9.17, 15) is 10.1 Å². The molecule has 0 unspecified atom stereocenters. The number of aromatic nitrogens is 1. The van der Waals surface area contributed by atoms with Crippen molar-refractivity contribution in [2.45, 2.75) is 32.2 Å². The molecule has 1 fully saturated rings. The molecule has 1 atom stereocenters. The summed E-state index contributed by atoms with van der Waals surface area (Å²) in [7, 11) is 0. The van der Waals surface area contributed by atoms with Gasteiger partial charge in [0.25, 0.3) is 5.91 Å². The lowest BCUT2D eigenvalue weighted by Crippen LogP contribution is -2.43. The Morgan fingerprint density at radius 3 is 2.96 bits per heavy atom. The molecule has 28 heavy (non-hydrogen) atoms. The average Bonchev–Trinajstić information content (AvgIpc) is 3.13. The summed E-state index contributed by atoms with van der Waals surface area (Å²) in [4.78, 5) is 21.3. The van der Waals surface area contributed by atoms with E-state index in [2.05, 4.69) is 22.9 Å². The number of carbonyl (C=O) groups excluding carboxylic acids is 1. The lowest BCUT2D eigenvalue weighted by molar-refractivity contribution is 0.0716. The zero-order valence-electron chi connectivity index (χ0n) is 16.1. The van der Waals surface area contributed by atoms with Crippen LogP contribution in [0, 0.1) is 11.3 Å². The first kappa shape index (κ1) is 18.5. The molecule has 2 aliphatic rings. The number of rotatable bonds is 5. The van der Waals surface area contributed by atoms with E-state index in [1.54, 1.807) is 18.3 Å². The fourth-order valence-corrected chi connectivity index (χ4v) is 4.05. The summed E-state index contributed by atoms with van der Waals surface area (Å²) in [5.74, 6) is 1.20. The number of ether oxygens (including phenoxy) is 1. The van der Waals surface area contributed by atoms with Crippen LogP contribution in [0.1, 0.15) is 41.3 Å². The molecule has 1 aromatic carbocycles. The molecule has 6 heteroatoms. The molecule has 144 valence electrons. The molecule has 0 N–H and O–H groups in total. The van der Waals surface area contributed by atoms with E-state index in [1.165, 1.54) is 19.0 Å². The van der Waals surface area contributed by atoms with Crippen molar-refractivity contribution in [1.29, 1.82) is 5.26 Å². The fourth-order valence-electron chi connectivity index (χ4n) is 4.05. The highest BCUT2D eigenvalue weighted by molar-refractivity contribution is 5.97. The van der Waals surface area contributed by atoms with Gasteiger partial charge in [-0.15, -0.1) is 0 Å². The Balaban J connectivity index is 1.44. The number of fused-ring (bicyclic) bond motifs is 1. The number of pyridine rings is 1. The number of carbonyl (C=O) groups is 1. The highest BCUT2D eigenvalue weighted by Gasteiger charge is 2.26. The Morgan fingerprint density at radius 2 is 2.18 bits per heavy atom. The minimum absolute atomic E-state index is 0.0984. The average molecular weight is 376 g/mol. The number of hydrogen-bond donors (Lipinski definition) is 0. The molecule has 4 rings (SSSR count). The molecule has 0 saturated carbocycles. The van der Waals surface area contributed by atoms with Gasteiger partial charge in [0, 0.05) is 49.7 Å². The molecule has 1 saturated heterocycles. The number of benzene rings is 1. The number of nitriles is 1. The first-order valence-electron chi connectivity index (χ1n) is 9.84. The molecular weight excluding hydrogens is 352 g/mol. The van der Waals surface area contributed by atoms with Gasteiger partial charge < -0.3 is 9.64 Å². The predicted octanol–water partition coefficient (Wildman–Crippen LogP) is 3.23. The van der Waals surface area contributed by atoms with E-state index in [0.717, 1.165) is 43.7 Å². The first-order valence-corrected chi connectivity index (χ1v) is 9.84. The van der Waals surface area contributed by atoms with Crippen LogP contribution < -0.4 is 4.74 Å². The monoisotopic (exact) mass is 376 g/mol. The van der Waals surface area contributed by atoms with Crippen molar-refractivity contribution < 1.29 is 9.53 Å². The Labute approximate surface area is 165 Å². The topological polar surface area (TPSA) is 69.5 Å². The van der Waals surface area contributed by atoms with Crippen molar-refractivity contribution in [2.75, 3.05) is 26.2 Å². The lowest BCUT2D eigenvalue weighted by Gasteiger charge is -2.31. The molecule has 2 aromatic rings. The summed E-state index contributed by atoms with van der Waals surface area (Å²) in [6.07, 6.45) is 6.40. The largest absolute Gasteiger partial charge is 0.456 e. The van der Waals surface area contributed by atoms with Crippen LogP contribution >= 0.6 is 0 Å². The van der Waals surface area contributed by atoms with Gasteiger partial charge >= 0.3 is 0 Å². The lowest BCUT2D eigenvalue weighted by atomic mass is 9.98. The zero-order valence-corrected chi connectivity index (χ0v) is 16.1. The van der Waals surface area contributed by atoms with Gasteiger partial charge in [0.1, 0.15) is 23.1 Å². The second-order valence-corrected chi connectivity index (χ2v) is 7.47. The van der Waals surface area contributed by atoms with Crippen LogP contribution in [0.2, 0.25) is 0 Å². The first-order chi connectivity index (χ1) is 13.7. The van der Waals surface area contributed by atoms with Gasteiger partial charge in [-0.1, -0.05) is 0 Å². The maximum absolute atomic E-state index is 12.9. The molecule has 1 aromatic heterocycles. The Morgan fingerprint density at radius 1 is 1.29 bits per heavy atom. The number of hydrogen-bond acceptors (Lipinski definition) is 5. The maximum atomic E-state index is 12.9. The molecule has 6 nitrogen and oxygen atoms in total. The van der Waals surface area contributed by atoms with Gasteiger partial charge in [-0.05, 0) is 56.5 Å². The summed E-state index contributed by atoms with van der Waals surface area (Å²) >= 11 is 0. The van der Waals surface area contributed by atoms with Crippen molar-refractivity contribution in [3.05, 3.63) is 53.3 Å². The Bertz CT molecular complexity index is 921. The molecule has 2 aliphatic heterocycles. The van der Waals surface area contributed by atoms with Crippen LogP contribution in [0.5, 0.6) is 11.5 Å². The van der Waals surface area contributed by atoms with Crippen molar-refractivity contribution in [1.82, 2.24) is 14.8 Å². The zero-order chi connectivity index (χ0) is 19.5. The molecule has 0 radical (unpaired) electrons. The minimum atomic E-state index is 0.0984. The highest BCUT2D eigenvalue weighted by Crippen LogP contribution is 2.29. The number of nitrogens with zero attached hydrogens (tertiary/aromatic N) is 4. The van der Waals surface area contributed by atoms with Crippen LogP contribution in [0.3, 0.4) is 0 Å². The third-order valence-corrected chi connectivity index (χ3v) is 5.72. The van der Waals surface area contributed by atoms with E-state index in [4.69, 9.17) is 4.74 Å². The van der Waals surface area contributed by atoms with Crippen LogP contribution in [0.25, 0.3) is 0 Å². The van der Waals surface area contributed by atoms with Gasteiger partial charge in [-0.25, -0.2) is 0 Å². The smallest absolute Gasteiger partial charge is 0.254 e.